The molecule has 206 valence electrons. The second-order valence-corrected chi connectivity index (χ2v) is 10.8. The molecule has 3 heterocycles. The van der Waals surface area contributed by atoms with Gasteiger partial charge in [-0.1, -0.05) is 53.2 Å². The number of nitrogens with one attached hydrogen (secondary N) is 2. The van der Waals surface area contributed by atoms with Gasteiger partial charge < -0.3 is 10.6 Å². The molecule has 1 unspecified atom stereocenters. The van der Waals surface area contributed by atoms with E-state index >= 15 is 0 Å². The van der Waals surface area contributed by atoms with Crippen molar-refractivity contribution in [2.45, 2.75) is 36.8 Å². The molecule has 1 aliphatic rings. The van der Waals surface area contributed by atoms with E-state index in [4.69, 9.17) is 11.6 Å². The van der Waals surface area contributed by atoms with Crippen LogP contribution in [0.25, 0.3) is 10.9 Å². The minimum absolute atomic E-state index is 0.177. The maximum Gasteiger partial charge on any atom is 0.212 e. The van der Waals surface area contributed by atoms with Gasteiger partial charge in [0.15, 0.2) is 0 Å². The number of rotatable bonds is 9. The molecule has 2 N–H and O–H groups in total. The van der Waals surface area contributed by atoms with Crippen LogP contribution in [-0.4, -0.2) is 32.8 Å². The fraction of sp³-hybridized carbons (Fsp3) is 0.200. The average molecular weight is 576 g/mol. The molecule has 2 aromatic carbocycles. The summed E-state index contributed by atoms with van der Waals surface area (Å²) < 4.78 is 15.7. The van der Waals surface area contributed by atoms with Crippen LogP contribution in [0.4, 0.5) is 15.8 Å². The maximum absolute atomic E-state index is 13.8. The first-order valence-electron chi connectivity index (χ1n) is 13.4. The lowest BCUT2D eigenvalue weighted by Crippen LogP contribution is -2.38. The molecule has 6 rings (SSSR count). The Bertz CT molecular complexity index is 1850. The lowest BCUT2D eigenvalue weighted by atomic mass is 9.70. The highest BCUT2D eigenvalue weighted by Gasteiger charge is 2.35. The highest BCUT2D eigenvalue weighted by atomic mass is 35.5. The van der Waals surface area contributed by atoms with Crippen LogP contribution in [0, 0.1) is 28.6 Å². The fourth-order valence-electron chi connectivity index (χ4n) is 5.04. The van der Waals surface area contributed by atoms with Crippen LogP contribution in [0.1, 0.15) is 53.7 Å². The lowest BCUT2D eigenvalue weighted by Gasteiger charge is -2.31. The van der Waals surface area contributed by atoms with Crippen LogP contribution in [0.3, 0.4) is 0 Å². The number of nitriles is 2. The van der Waals surface area contributed by atoms with E-state index in [1.54, 1.807) is 12.1 Å². The van der Waals surface area contributed by atoms with Gasteiger partial charge in [-0.2, -0.15) is 14.9 Å². The van der Waals surface area contributed by atoms with E-state index in [0.717, 1.165) is 18.4 Å². The van der Waals surface area contributed by atoms with Gasteiger partial charge in [0.1, 0.15) is 19.6 Å². The molecule has 12 heteroatoms. The third-order valence-electron chi connectivity index (χ3n) is 7.50. The molecule has 0 amide bonds. The Balaban J connectivity index is 1.46. The lowest BCUT2D eigenvalue weighted by molar-refractivity contribution is 0.580. The van der Waals surface area contributed by atoms with Crippen molar-refractivity contribution in [3.63, 3.8) is 0 Å². The van der Waals surface area contributed by atoms with Crippen molar-refractivity contribution in [1.29, 1.82) is 10.5 Å². The highest BCUT2D eigenvalue weighted by molar-refractivity contribution is 6.36. The van der Waals surface area contributed by atoms with Gasteiger partial charge >= 0.3 is 0 Å². The van der Waals surface area contributed by atoms with Gasteiger partial charge in [0, 0.05) is 23.5 Å². The molecule has 1 saturated carbocycles. The van der Waals surface area contributed by atoms with E-state index in [-0.39, 0.29) is 12.5 Å². The molecule has 0 saturated heterocycles. The molecule has 5 aromatic rings. The summed E-state index contributed by atoms with van der Waals surface area (Å²) in [5.41, 5.74) is 3.17. The number of hydrogen-bond donors (Lipinski definition) is 2. The summed E-state index contributed by atoms with van der Waals surface area (Å²) in [6.45, 7) is 0. The Morgan fingerprint density at radius 3 is 2.62 bits per heavy atom. The molecular formula is C30H24BClFN9. The van der Waals surface area contributed by atoms with Crippen LogP contribution in [-0.2, 0) is 5.44 Å². The summed E-state index contributed by atoms with van der Waals surface area (Å²) >= 11 is 6.78. The third-order valence-corrected chi connectivity index (χ3v) is 7.79. The molecule has 1 fully saturated rings. The van der Waals surface area contributed by atoms with Gasteiger partial charge in [0.05, 0.1) is 58.0 Å². The second-order valence-electron chi connectivity index (χ2n) is 10.4. The average Bonchev–Trinajstić information content (AvgIpc) is 3.73. The van der Waals surface area contributed by atoms with Crippen molar-refractivity contribution in [2.75, 3.05) is 10.6 Å². The summed E-state index contributed by atoms with van der Waals surface area (Å²) in [5.74, 6) is -0.590. The quantitative estimate of drug-likeness (QED) is 0.181. The summed E-state index contributed by atoms with van der Waals surface area (Å²) in [4.78, 5) is 8.35. The SMILES string of the molecule is BC(Nc1cc(Cl)c2ncc(C#N)c(N[C@@H](CC#N)c3ccccc3)c2c1)(c1ccc(F)nc1)c1cn(C2CC2)nn1. The summed E-state index contributed by atoms with van der Waals surface area (Å²) in [6.07, 6.45) is 7.11. The molecule has 0 aliphatic heterocycles. The van der Waals surface area contributed by atoms with Crippen molar-refractivity contribution in [3.8, 4) is 12.1 Å². The molecule has 9 nitrogen and oxygen atoms in total. The number of pyridine rings is 2. The number of aromatic nitrogens is 5. The second kappa shape index (κ2) is 11.1. The predicted molar refractivity (Wildman–Crippen MR) is 160 cm³/mol. The Kier molecular flexibility index (Phi) is 7.19. The minimum Gasteiger partial charge on any atom is -0.377 e. The summed E-state index contributed by atoms with van der Waals surface area (Å²) in [7, 11) is 1.92. The predicted octanol–water partition coefficient (Wildman–Crippen LogP) is 5.23. The largest absolute Gasteiger partial charge is 0.377 e. The smallest absolute Gasteiger partial charge is 0.212 e. The van der Waals surface area contributed by atoms with Crippen LogP contribution in [0.5, 0.6) is 0 Å². The van der Waals surface area contributed by atoms with E-state index < -0.39 is 11.4 Å². The van der Waals surface area contributed by atoms with Gasteiger partial charge in [0.2, 0.25) is 5.95 Å². The van der Waals surface area contributed by atoms with E-state index in [9.17, 15) is 14.9 Å². The van der Waals surface area contributed by atoms with Crippen molar-refractivity contribution < 1.29 is 4.39 Å². The topological polar surface area (TPSA) is 128 Å². The van der Waals surface area contributed by atoms with E-state index in [0.29, 0.717) is 50.2 Å². The maximum atomic E-state index is 13.8. The summed E-state index contributed by atoms with van der Waals surface area (Å²) in [5, 5.41) is 36.3. The molecule has 42 heavy (non-hydrogen) atoms. The molecule has 0 bridgehead atoms. The van der Waals surface area contributed by atoms with Crippen molar-refractivity contribution in [3.05, 3.63) is 107 Å². The zero-order chi connectivity index (χ0) is 29.3. The van der Waals surface area contributed by atoms with Crippen LogP contribution in [0.2, 0.25) is 5.02 Å². The minimum atomic E-state index is -0.966. The number of anilines is 2. The molecular weight excluding hydrogens is 552 g/mol. The van der Waals surface area contributed by atoms with Crippen LogP contribution < -0.4 is 10.6 Å². The van der Waals surface area contributed by atoms with Crippen molar-refractivity contribution in [2.24, 2.45) is 0 Å². The van der Waals surface area contributed by atoms with E-state index in [2.05, 4.69) is 43.1 Å². The van der Waals surface area contributed by atoms with Crippen LogP contribution in [0.15, 0.2) is 73.2 Å². The number of fused-ring (bicyclic) bond motifs is 1. The normalized spacial score (nSPS) is 14.9. The first-order chi connectivity index (χ1) is 20.4. The standard InChI is InChI=1S/C30H24BClFN9/c31-30(20-6-9-27(33)36-16-20,26-17-42(41-40-26)22-7-8-22)39-21-12-23-28(19(14-35)15-37-29(23)24(32)13-21)38-25(10-11-34)18-4-2-1-3-5-18/h1-6,9,12-13,15-17,22,25,39H,7-8,10,31H2,(H,37,38)/t25-,30?/m0/s1. The fourth-order valence-corrected chi connectivity index (χ4v) is 5.31. The van der Waals surface area contributed by atoms with E-state index in [1.807, 2.05) is 55.1 Å². The molecule has 0 radical (unpaired) electrons. The molecule has 2 atom stereocenters. The zero-order valence-electron chi connectivity index (χ0n) is 22.6. The van der Waals surface area contributed by atoms with Gasteiger partial charge in [-0.25, -0.2) is 9.67 Å². The van der Waals surface area contributed by atoms with Gasteiger partial charge in [-0.3, -0.25) is 4.98 Å². The molecule has 0 spiro atoms. The highest BCUT2D eigenvalue weighted by Crippen LogP contribution is 2.39. The van der Waals surface area contributed by atoms with Crippen LogP contribution >= 0.6 is 11.6 Å². The Labute approximate surface area is 247 Å². The van der Waals surface area contributed by atoms with Gasteiger partial charge in [0.25, 0.3) is 0 Å². The van der Waals surface area contributed by atoms with Crippen molar-refractivity contribution in [1.82, 2.24) is 25.0 Å². The van der Waals surface area contributed by atoms with Gasteiger partial charge in [-0.15, -0.1) is 5.10 Å². The Morgan fingerprint density at radius 1 is 1.12 bits per heavy atom. The van der Waals surface area contributed by atoms with E-state index in [1.165, 1.54) is 18.5 Å². The monoisotopic (exact) mass is 575 g/mol. The van der Waals surface area contributed by atoms with Gasteiger partial charge in [-0.05, 0) is 42.2 Å². The Hall–Kier alpha value is -5.00. The molecule has 3 aromatic heterocycles. The Morgan fingerprint density at radius 2 is 1.93 bits per heavy atom. The molecule has 1 aliphatic carbocycles. The first-order valence-corrected chi connectivity index (χ1v) is 13.8. The number of halogens is 2. The van der Waals surface area contributed by atoms with Crippen molar-refractivity contribution >= 4 is 41.7 Å². The first kappa shape index (κ1) is 27.2. The number of benzene rings is 2. The number of hydrogen-bond acceptors (Lipinski definition) is 8. The summed E-state index contributed by atoms with van der Waals surface area (Å²) in [6, 6.07) is 20.5. The third kappa shape index (κ3) is 5.23. The zero-order valence-corrected chi connectivity index (χ0v) is 23.3. The number of nitrogens with zero attached hydrogens (tertiary/aromatic N) is 7.